The lowest BCUT2D eigenvalue weighted by Crippen LogP contribution is -2.61. The Balaban J connectivity index is 1.36. The molecule has 0 spiro atoms. The molecule has 41 heavy (non-hydrogen) atoms. The van der Waals surface area contributed by atoms with Gasteiger partial charge in [-0.3, -0.25) is 29.2 Å². The Hall–Kier alpha value is -3.63. The number of nitrogens with zero attached hydrogens (tertiary/aromatic N) is 2. The Bertz CT molecular complexity index is 1350. The molecule has 220 valence electrons. The minimum absolute atomic E-state index is 0.0263. The first-order chi connectivity index (χ1) is 19.4. The minimum Gasteiger partial charge on any atom is -0.383 e. The van der Waals surface area contributed by atoms with E-state index in [1.807, 2.05) is 63.3 Å². The van der Waals surface area contributed by atoms with E-state index in [0.29, 0.717) is 25.1 Å². The van der Waals surface area contributed by atoms with Gasteiger partial charge in [0, 0.05) is 17.3 Å². The maximum absolute atomic E-state index is 13.1. The van der Waals surface area contributed by atoms with Crippen molar-refractivity contribution in [3.8, 4) is 0 Å². The van der Waals surface area contributed by atoms with Gasteiger partial charge in [0.15, 0.2) is 0 Å². The lowest BCUT2D eigenvalue weighted by molar-refractivity contribution is -0.144. The number of hydrogen-bond acceptors (Lipinski definition) is 7. The smallest absolute Gasteiger partial charge is 0.258 e. The maximum Gasteiger partial charge on any atom is 0.258 e. The van der Waals surface area contributed by atoms with E-state index >= 15 is 0 Å². The van der Waals surface area contributed by atoms with Crippen molar-refractivity contribution in [1.82, 2.24) is 26.1 Å². The Morgan fingerprint density at radius 2 is 1.80 bits per heavy atom. The first kappa shape index (κ1) is 30.3. The highest BCUT2D eigenvalue weighted by Crippen LogP contribution is 2.32. The minimum atomic E-state index is -1.09. The molecule has 0 radical (unpaired) electrons. The predicted molar refractivity (Wildman–Crippen MR) is 156 cm³/mol. The Morgan fingerprint density at radius 1 is 1.10 bits per heavy atom. The van der Waals surface area contributed by atoms with Gasteiger partial charge in [0.1, 0.15) is 24.0 Å². The van der Waals surface area contributed by atoms with E-state index in [-0.39, 0.29) is 29.6 Å². The lowest BCUT2D eigenvalue weighted by atomic mass is 9.88. The number of nitrogens with one attached hydrogen (secondary N) is 3. The number of hydrazine groups is 1. The Morgan fingerprint density at radius 3 is 2.49 bits per heavy atom. The van der Waals surface area contributed by atoms with Crippen LogP contribution in [0.15, 0.2) is 36.4 Å². The van der Waals surface area contributed by atoms with Crippen molar-refractivity contribution in [3.63, 3.8) is 0 Å². The second kappa shape index (κ2) is 12.5. The van der Waals surface area contributed by atoms with Gasteiger partial charge in [0.2, 0.25) is 11.8 Å². The number of allylic oxidation sites excluding steroid dienone is 1. The van der Waals surface area contributed by atoms with Crippen molar-refractivity contribution in [1.29, 1.82) is 0 Å². The molecular weight excluding hydrogens is 522 g/mol. The molecule has 1 saturated carbocycles. The molecular formula is C31H41N5O5. The van der Waals surface area contributed by atoms with E-state index in [2.05, 4.69) is 16.1 Å². The third kappa shape index (κ3) is 7.56. The number of Topliss-reactive ketones (excluding diaryl/α,β-unsaturated/α-hetero) is 1. The number of ketones is 1. The second-order valence-electron chi connectivity index (χ2n) is 11.9. The van der Waals surface area contributed by atoms with Crippen LogP contribution >= 0.6 is 0 Å². The zero-order valence-corrected chi connectivity index (χ0v) is 24.4. The second-order valence-corrected chi connectivity index (χ2v) is 11.9. The van der Waals surface area contributed by atoms with Crippen molar-refractivity contribution in [2.45, 2.75) is 84.5 Å². The van der Waals surface area contributed by atoms with E-state index in [1.54, 1.807) is 13.8 Å². The van der Waals surface area contributed by atoms with Crippen LogP contribution in [0.25, 0.3) is 17.0 Å². The van der Waals surface area contributed by atoms with Crippen LogP contribution in [0.5, 0.6) is 0 Å². The highest BCUT2D eigenvalue weighted by Gasteiger charge is 2.37. The van der Waals surface area contributed by atoms with Crippen LogP contribution in [0.4, 0.5) is 0 Å². The van der Waals surface area contributed by atoms with E-state index in [9.17, 15) is 24.3 Å². The van der Waals surface area contributed by atoms with Gasteiger partial charge in [0.25, 0.3) is 5.91 Å². The maximum atomic E-state index is 13.1. The SMILES string of the molecule is CC(=O)C(C)(C)/C=C/c1ccc2ccc([C@@H](C)NC(=O)[C@@H]3CCCN(C(=O)[C@H](C)NC(=O)[C@H](O)C4CC4)N3)nc2c1. The van der Waals surface area contributed by atoms with Gasteiger partial charge in [-0.05, 0) is 83.9 Å². The summed E-state index contributed by atoms with van der Waals surface area (Å²) in [6.07, 6.45) is 5.53. The monoisotopic (exact) mass is 563 g/mol. The van der Waals surface area contributed by atoms with Crippen LogP contribution in [-0.2, 0) is 19.2 Å². The summed E-state index contributed by atoms with van der Waals surface area (Å²) in [6.45, 7) is 9.18. The number of hydrogen-bond donors (Lipinski definition) is 4. The molecule has 0 bridgehead atoms. The molecule has 1 aromatic heterocycles. The van der Waals surface area contributed by atoms with E-state index in [4.69, 9.17) is 4.98 Å². The van der Waals surface area contributed by atoms with Crippen molar-refractivity contribution < 1.29 is 24.3 Å². The number of carbonyl (C=O) groups excluding carboxylic acids is 4. The summed E-state index contributed by atoms with van der Waals surface area (Å²) in [5, 5.41) is 17.9. The van der Waals surface area contributed by atoms with Crippen LogP contribution in [0.3, 0.4) is 0 Å². The normalized spacial score (nSPS) is 20.0. The number of amides is 3. The van der Waals surface area contributed by atoms with Crippen LogP contribution < -0.4 is 16.1 Å². The van der Waals surface area contributed by atoms with Gasteiger partial charge >= 0.3 is 0 Å². The summed E-state index contributed by atoms with van der Waals surface area (Å²) >= 11 is 0. The summed E-state index contributed by atoms with van der Waals surface area (Å²) in [7, 11) is 0. The van der Waals surface area contributed by atoms with Gasteiger partial charge in [-0.1, -0.05) is 30.4 Å². The van der Waals surface area contributed by atoms with Gasteiger partial charge in [-0.25, -0.2) is 5.43 Å². The molecule has 1 aromatic carbocycles. The first-order valence-corrected chi connectivity index (χ1v) is 14.3. The van der Waals surface area contributed by atoms with Crippen molar-refractivity contribution in [2.24, 2.45) is 11.3 Å². The third-order valence-electron chi connectivity index (χ3n) is 7.98. The molecule has 10 heteroatoms. The molecule has 2 heterocycles. The summed E-state index contributed by atoms with van der Waals surface area (Å²) in [5.74, 6) is -1.09. The molecule has 2 fully saturated rings. The Kier molecular flexibility index (Phi) is 9.24. The number of fused-ring (bicyclic) bond motifs is 1. The first-order valence-electron chi connectivity index (χ1n) is 14.3. The van der Waals surface area contributed by atoms with Crippen LogP contribution in [0.2, 0.25) is 0 Å². The number of pyridine rings is 1. The highest BCUT2D eigenvalue weighted by atomic mass is 16.3. The number of benzene rings is 1. The zero-order chi connectivity index (χ0) is 29.9. The van der Waals surface area contributed by atoms with E-state index < -0.39 is 29.5 Å². The highest BCUT2D eigenvalue weighted by molar-refractivity contribution is 5.90. The fourth-order valence-electron chi connectivity index (χ4n) is 4.66. The lowest BCUT2D eigenvalue weighted by Gasteiger charge is -2.35. The van der Waals surface area contributed by atoms with Crippen LogP contribution in [0.1, 0.15) is 77.6 Å². The summed E-state index contributed by atoms with van der Waals surface area (Å²) < 4.78 is 0. The average molecular weight is 564 g/mol. The number of carbonyl (C=O) groups is 4. The van der Waals surface area contributed by atoms with Gasteiger partial charge in [0.05, 0.1) is 17.3 Å². The quantitative estimate of drug-likeness (QED) is 0.348. The van der Waals surface area contributed by atoms with E-state index in [0.717, 1.165) is 29.3 Å². The standard InChI is InChI=1S/C31H41N5O5/c1-18(24-13-12-22-9-8-21(17-26(22)34-24)14-15-31(4,5)20(3)37)32-28(39)25-7-6-16-36(35-25)30(41)19(2)33-29(40)27(38)23-10-11-23/h8-9,12-15,17-19,23,25,27,35,38H,6-7,10-11,16H2,1-5H3,(H,32,39)(H,33,40)/b15-14+/t18-,19+,25+,27-/m1/s1. The van der Waals surface area contributed by atoms with Gasteiger partial charge in [-0.2, -0.15) is 0 Å². The zero-order valence-electron chi connectivity index (χ0n) is 24.4. The Labute approximate surface area is 240 Å². The van der Waals surface area contributed by atoms with Crippen molar-refractivity contribution >= 4 is 40.5 Å². The average Bonchev–Trinajstić information content (AvgIpc) is 3.80. The number of aliphatic hydroxyl groups excluding tert-OH is 1. The molecule has 4 rings (SSSR count). The fraction of sp³-hybridized carbons (Fsp3) is 0.516. The molecule has 2 aliphatic rings. The molecule has 1 saturated heterocycles. The molecule has 10 nitrogen and oxygen atoms in total. The number of aliphatic hydroxyl groups is 1. The summed E-state index contributed by atoms with van der Waals surface area (Å²) in [6, 6.07) is 7.92. The molecule has 0 unspecified atom stereocenters. The van der Waals surface area contributed by atoms with Gasteiger partial charge in [-0.15, -0.1) is 0 Å². The molecule has 4 atom stereocenters. The van der Waals surface area contributed by atoms with Gasteiger partial charge < -0.3 is 15.7 Å². The largest absolute Gasteiger partial charge is 0.383 e. The third-order valence-corrected chi connectivity index (χ3v) is 7.98. The summed E-state index contributed by atoms with van der Waals surface area (Å²) in [4.78, 5) is 54.9. The van der Waals surface area contributed by atoms with Crippen LogP contribution in [-0.4, -0.2) is 63.3 Å². The molecule has 1 aliphatic heterocycles. The van der Waals surface area contributed by atoms with Crippen LogP contribution in [0, 0.1) is 11.3 Å². The fourth-order valence-corrected chi connectivity index (χ4v) is 4.66. The molecule has 1 aliphatic carbocycles. The topological polar surface area (TPSA) is 141 Å². The van der Waals surface area contributed by atoms with Crippen molar-refractivity contribution in [3.05, 3.63) is 47.7 Å². The number of aromatic nitrogens is 1. The summed E-state index contributed by atoms with van der Waals surface area (Å²) in [5.41, 5.74) is 4.86. The predicted octanol–water partition coefficient (Wildman–Crippen LogP) is 2.81. The molecule has 2 aromatic rings. The van der Waals surface area contributed by atoms with Crippen molar-refractivity contribution in [2.75, 3.05) is 6.54 Å². The molecule has 4 N–H and O–H groups in total. The number of rotatable bonds is 10. The molecule has 3 amide bonds. The van der Waals surface area contributed by atoms with E-state index in [1.165, 1.54) is 5.01 Å².